The number of hydrogen-bond donors (Lipinski definition) is 1. The molecular formula is C34H52O6. The Morgan fingerprint density at radius 3 is 2.10 bits per heavy atom. The van der Waals surface area contributed by atoms with Crippen molar-refractivity contribution in [2.45, 2.75) is 119 Å². The molecule has 5 saturated carbocycles. The van der Waals surface area contributed by atoms with Crippen LogP contribution in [0.1, 0.15) is 113 Å². The number of aliphatic carboxylic acids is 1. The standard InChI is InChI=1S/C34H52O6/c1-20(2)23-11-16-34(29(37)38)18-17-32(7)24(28(23)34)9-10-26-30(5)14-13-27(40-22(4)36)31(6,19-39-21(3)35)25(30)12-15-33(26,32)8/h23-28H,1,9-19H2,2-8H3,(H,37,38). The van der Waals surface area contributed by atoms with E-state index in [9.17, 15) is 19.5 Å². The molecule has 0 radical (unpaired) electrons. The van der Waals surface area contributed by atoms with Gasteiger partial charge in [-0.05, 0) is 117 Å². The number of carboxylic acids is 1. The highest BCUT2D eigenvalue weighted by atomic mass is 16.6. The second kappa shape index (κ2) is 9.59. The molecule has 0 amide bonds. The van der Waals surface area contributed by atoms with Crippen LogP contribution in [0.25, 0.3) is 0 Å². The van der Waals surface area contributed by atoms with Gasteiger partial charge in [0.2, 0.25) is 0 Å². The van der Waals surface area contributed by atoms with E-state index in [1.807, 2.05) is 0 Å². The van der Waals surface area contributed by atoms with Crippen LogP contribution < -0.4 is 0 Å². The lowest BCUT2D eigenvalue weighted by Crippen LogP contribution is -2.68. The van der Waals surface area contributed by atoms with E-state index in [0.29, 0.717) is 17.8 Å². The maximum Gasteiger partial charge on any atom is 0.309 e. The van der Waals surface area contributed by atoms with Crippen LogP contribution >= 0.6 is 0 Å². The highest BCUT2D eigenvalue weighted by molar-refractivity contribution is 5.76. The maximum absolute atomic E-state index is 12.9. The smallest absolute Gasteiger partial charge is 0.309 e. The summed E-state index contributed by atoms with van der Waals surface area (Å²) in [4.78, 5) is 36.9. The van der Waals surface area contributed by atoms with Crippen molar-refractivity contribution >= 4 is 17.9 Å². The molecule has 11 atom stereocenters. The second-order valence-corrected chi connectivity index (χ2v) is 15.6. The third-order valence-electron chi connectivity index (χ3n) is 14.1. The van der Waals surface area contributed by atoms with Gasteiger partial charge in [-0.1, -0.05) is 39.8 Å². The zero-order valence-electron chi connectivity index (χ0n) is 25.9. The van der Waals surface area contributed by atoms with Gasteiger partial charge in [0.25, 0.3) is 0 Å². The summed E-state index contributed by atoms with van der Waals surface area (Å²) in [6.07, 6.45) is 9.20. The van der Waals surface area contributed by atoms with Gasteiger partial charge in [-0.2, -0.15) is 0 Å². The van der Waals surface area contributed by atoms with E-state index < -0.39 is 16.8 Å². The van der Waals surface area contributed by atoms with E-state index in [2.05, 4.69) is 41.2 Å². The van der Waals surface area contributed by atoms with Crippen molar-refractivity contribution in [3.63, 3.8) is 0 Å². The first kappa shape index (κ1) is 29.6. The predicted octanol–water partition coefficient (Wildman–Crippen LogP) is 7.20. The number of esters is 2. The first-order valence-electron chi connectivity index (χ1n) is 15.8. The first-order valence-corrected chi connectivity index (χ1v) is 15.8. The Morgan fingerprint density at radius 1 is 0.800 bits per heavy atom. The van der Waals surface area contributed by atoms with Crippen LogP contribution in [0.4, 0.5) is 0 Å². The molecule has 6 nitrogen and oxygen atoms in total. The third kappa shape index (κ3) is 3.89. The molecule has 224 valence electrons. The average molecular weight is 557 g/mol. The maximum atomic E-state index is 12.9. The molecule has 0 heterocycles. The third-order valence-corrected chi connectivity index (χ3v) is 14.1. The number of carboxylic acid groups (broad SMARTS) is 1. The SMILES string of the molecule is C=C(C)C1CCC2(C(=O)O)CCC3(C)C(CCC4C5(C)CCC(OC(C)=O)C(C)(COC(C)=O)C5CCC43C)C12. The molecule has 6 heteroatoms. The fourth-order valence-electron chi connectivity index (χ4n) is 12.2. The normalized spacial score (nSPS) is 49.5. The van der Waals surface area contributed by atoms with Gasteiger partial charge in [0.05, 0.1) is 5.41 Å². The summed E-state index contributed by atoms with van der Waals surface area (Å²) in [6, 6.07) is 0. The average Bonchev–Trinajstić information content (AvgIpc) is 3.26. The molecule has 0 spiro atoms. The highest BCUT2D eigenvalue weighted by Gasteiger charge is 2.72. The van der Waals surface area contributed by atoms with Gasteiger partial charge in [0.1, 0.15) is 12.7 Å². The van der Waals surface area contributed by atoms with Gasteiger partial charge in [-0.25, -0.2) is 0 Å². The van der Waals surface area contributed by atoms with Crippen molar-refractivity contribution < 1.29 is 29.0 Å². The van der Waals surface area contributed by atoms with E-state index in [1.54, 1.807) is 0 Å². The number of ether oxygens (including phenoxy) is 2. The molecule has 1 N–H and O–H groups in total. The minimum absolute atomic E-state index is 0.0251. The molecule has 5 aliphatic rings. The Kier molecular flexibility index (Phi) is 7.11. The van der Waals surface area contributed by atoms with Crippen LogP contribution in [-0.4, -0.2) is 35.7 Å². The second-order valence-electron chi connectivity index (χ2n) is 15.6. The Balaban J connectivity index is 1.53. The van der Waals surface area contributed by atoms with E-state index in [-0.39, 0.29) is 52.7 Å². The molecule has 0 aliphatic heterocycles. The number of carbonyl (C=O) groups excluding carboxylic acids is 2. The lowest BCUT2D eigenvalue weighted by molar-refractivity contribution is -0.257. The lowest BCUT2D eigenvalue weighted by atomic mass is 9.32. The molecule has 0 aromatic heterocycles. The van der Waals surface area contributed by atoms with E-state index in [1.165, 1.54) is 13.8 Å². The Morgan fingerprint density at radius 2 is 1.50 bits per heavy atom. The fraction of sp³-hybridized carbons (Fsp3) is 0.853. The zero-order chi connectivity index (χ0) is 29.5. The summed E-state index contributed by atoms with van der Waals surface area (Å²) in [5.74, 6) is 0.436. The summed E-state index contributed by atoms with van der Waals surface area (Å²) >= 11 is 0. The molecule has 0 aromatic rings. The summed E-state index contributed by atoms with van der Waals surface area (Å²) < 4.78 is 11.6. The van der Waals surface area contributed by atoms with Crippen molar-refractivity contribution in [1.82, 2.24) is 0 Å². The molecule has 5 rings (SSSR count). The Hall–Kier alpha value is -1.85. The number of carbonyl (C=O) groups is 3. The van der Waals surface area contributed by atoms with Crippen molar-refractivity contribution in [3.8, 4) is 0 Å². The van der Waals surface area contributed by atoms with Crippen LogP contribution in [-0.2, 0) is 23.9 Å². The van der Waals surface area contributed by atoms with Gasteiger partial charge in [-0.15, -0.1) is 0 Å². The van der Waals surface area contributed by atoms with Crippen LogP contribution in [0, 0.1) is 56.7 Å². The quantitative estimate of drug-likeness (QED) is 0.284. The van der Waals surface area contributed by atoms with Crippen LogP contribution in [0.5, 0.6) is 0 Å². The molecule has 0 bridgehead atoms. The molecule has 11 unspecified atom stereocenters. The minimum atomic E-state index is -0.608. The monoisotopic (exact) mass is 556 g/mol. The molecule has 0 aromatic carbocycles. The van der Waals surface area contributed by atoms with Crippen LogP contribution in [0.15, 0.2) is 12.2 Å². The summed E-state index contributed by atoms with van der Waals surface area (Å²) in [7, 11) is 0. The summed E-state index contributed by atoms with van der Waals surface area (Å²) in [6.45, 7) is 19.4. The highest BCUT2D eigenvalue weighted by Crippen LogP contribution is 2.77. The molecule has 0 saturated heterocycles. The van der Waals surface area contributed by atoms with Gasteiger partial charge < -0.3 is 14.6 Å². The van der Waals surface area contributed by atoms with Crippen molar-refractivity contribution in [2.75, 3.05) is 6.61 Å². The topological polar surface area (TPSA) is 89.9 Å². The van der Waals surface area contributed by atoms with E-state index >= 15 is 0 Å². The zero-order valence-corrected chi connectivity index (χ0v) is 25.9. The van der Waals surface area contributed by atoms with Crippen LogP contribution in [0.3, 0.4) is 0 Å². The molecule has 5 aliphatic carbocycles. The minimum Gasteiger partial charge on any atom is -0.481 e. The molecule has 40 heavy (non-hydrogen) atoms. The van der Waals surface area contributed by atoms with Crippen molar-refractivity contribution in [3.05, 3.63) is 12.2 Å². The number of hydrogen-bond acceptors (Lipinski definition) is 5. The van der Waals surface area contributed by atoms with Gasteiger partial charge in [0.15, 0.2) is 0 Å². The fourth-order valence-corrected chi connectivity index (χ4v) is 12.2. The largest absolute Gasteiger partial charge is 0.481 e. The van der Waals surface area contributed by atoms with Gasteiger partial charge in [-0.3, -0.25) is 14.4 Å². The van der Waals surface area contributed by atoms with Crippen LogP contribution in [0.2, 0.25) is 0 Å². The summed E-state index contributed by atoms with van der Waals surface area (Å²) in [5, 5.41) is 10.6. The number of fused-ring (bicyclic) bond motifs is 7. The predicted molar refractivity (Wildman–Crippen MR) is 153 cm³/mol. The first-order chi connectivity index (χ1) is 18.6. The molecule has 5 fully saturated rings. The lowest BCUT2D eigenvalue weighted by Gasteiger charge is -2.72. The van der Waals surface area contributed by atoms with Crippen molar-refractivity contribution in [1.29, 1.82) is 0 Å². The van der Waals surface area contributed by atoms with E-state index in [0.717, 1.165) is 69.8 Å². The summed E-state index contributed by atoms with van der Waals surface area (Å²) in [5.41, 5.74) is 0.283. The molecular weight excluding hydrogens is 504 g/mol. The van der Waals surface area contributed by atoms with Crippen molar-refractivity contribution in [2.24, 2.45) is 56.7 Å². The number of rotatable bonds is 5. The van der Waals surface area contributed by atoms with Gasteiger partial charge >= 0.3 is 17.9 Å². The van der Waals surface area contributed by atoms with E-state index in [4.69, 9.17) is 9.47 Å². The Bertz CT molecular complexity index is 1100. The van der Waals surface area contributed by atoms with Gasteiger partial charge in [0, 0.05) is 19.3 Å². The Labute approximate surface area is 241 Å². The number of allylic oxidation sites excluding steroid dienone is 1.